The van der Waals surface area contributed by atoms with E-state index in [2.05, 4.69) is 20.8 Å². The zero-order valence-corrected chi connectivity index (χ0v) is 12.2. The highest BCUT2D eigenvalue weighted by atomic mass is 35.5. The second kappa shape index (κ2) is 8.30. The van der Waals surface area contributed by atoms with Crippen LogP contribution in [0, 0.1) is 5.41 Å². The molecule has 2 N–H and O–H groups in total. The number of ether oxygens (including phenoxy) is 2. The van der Waals surface area contributed by atoms with Gasteiger partial charge in [0, 0.05) is 11.5 Å². The Balaban J connectivity index is 0.00000256. The lowest BCUT2D eigenvalue weighted by Crippen LogP contribution is -2.37. The monoisotopic (exact) mass is 265 g/mol. The Labute approximate surface area is 112 Å². The van der Waals surface area contributed by atoms with E-state index in [4.69, 9.17) is 15.2 Å². The van der Waals surface area contributed by atoms with Crippen LogP contribution in [0.4, 0.5) is 0 Å². The Morgan fingerprint density at radius 1 is 1.24 bits per heavy atom. The van der Waals surface area contributed by atoms with Crippen LogP contribution in [0.5, 0.6) is 0 Å². The Kier molecular flexibility index (Phi) is 8.39. The smallest absolute Gasteiger partial charge is 0.157 e. The Hall–Kier alpha value is 0.170. The highest BCUT2D eigenvalue weighted by Crippen LogP contribution is 2.25. The van der Waals surface area contributed by atoms with E-state index < -0.39 is 0 Å². The minimum absolute atomic E-state index is 0. The molecule has 104 valence electrons. The molecule has 3 nitrogen and oxygen atoms in total. The van der Waals surface area contributed by atoms with Crippen LogP contribution in [0.3, 0.4) is 0 Å². The Morgan fingerprint density at radius 3 is 2.35 bits per heavy atom. The first-order valence-corrected chi connectivity index (χ1v) is 6.52. The summed E-state index contributed by atoms with van der Waals surface area (Å²) in [6, 6.07) is 0.368. The fourth-order valence-corrected chi connectivity index (χ4v) is 1.82. The average Bonchev–Trinajstić information content (AvgIpc) is 2.26. The molecule has 1 unspecified atom stereocenters. The molecule has 0 saturated carbocycles. The first-order valence-electron chi connectivity index (χ1n) is 6.52. The van der Waals surface area contributed by atoms with Gasteiger partial charge in [0.15, 0.2) is 6.29 Å². The molecule has 1 aliphatic heterocycles. The normalized spacial score (nSPS) is 21.9. The van der Waals surface area contributed by atoms with E-state index in [1.807, 2.05) is 0 Å². The molecule has 0 aromatic carbocycles. The lowest BCUT2D eigenvalue weighted by Gasteiger charge is -2.34. The van der Waals surface area contributed by atoms with E-state index in [9.17, 15) is 0 Å². The molecule has 0 aromatic rings. The largest absolute Gasteiger partial charge is 0.352 e. The lowest BCUT2D eigenvalue weighted by atomic mass is 9.95. The van der Waals surface area contributed by atoms with Crippen molar-refractivity contribution in [3.05, 3.63) is 0 Å². The maximum absolute atomic E-state index is 5.87. The second-order valence-corrected chi connectivity index (χ2v) is 5.67. The Morgan fingerprint density at radius 2 is 1.82 bits per heavy atom. The summed E-state index contributed by atoms with van der Waals surface area (Å²) >= 11 is 0. The maximum atomic E-state index is 5.87. The van der Waals surface area contributed by atoms with E-state index in [1.54, 1.807) is 0 Å². The number of unbranched alkanes of at least 4 members (excludes halogenated alkanes) is 1. The molecular formula is C13H28ClNO2. The van der Waals surface area contributed by atoms with Gasteiger partial charge in [0.05, 0.1) is 13.2 Å². The number of halogens is 1. The van der Waals surface area contributed by atoms with Gasteiger partial charge in [-0.05, 0) is 25.7 Å². The molecule has 1 saturated heterocycles. The molecule has 0 radical (unpaired) electrons. The summed E-state index contributed by atoms with van der Waals surface area (Å²) in [5.74, 6) is 0. The number of nitrogens with two attached hydrogens (primary N) is 1. The highest BCUT2D eigenvalue weighted by Gasteiger charge is 2.27. The summed E-state index contributed by atoms with van der Waals surface area (Å²) in [4.78, 5) is 0. The third kappa shape index (κ3) is 7.24. The van der Waals surface area contributed by atoms with Crippen molar-refractivity contribution in [2.24, 2.45) is 11.1 Å². The second-order valence-electron chi connectivity index (χ2n) is 5.67. The summed E-state index contributed by atoms with van der Waals surface area (Å²) in [5, 5.41) is 0. The lowest BCUT2D eigenvalue weighted by molar-refractivity contribution is -0.224. The van der Waals surface area contributed by atoms with Gasteiger partial charge in [-0.2, -0.15) is 0 Å². The van der Waals surface area contributed by atoms with Crippen molar-refractivity contribution >= 4 is 12.4 Å². The number of hydrogen-bond donors (Lipinski definition) is 1. The van der Waals surface area contributed by atoms with Gasteiger partial charge >= 0.3 is 0 Å². The van der Waals surface area contributed by atoms with Crippen molar-refractivity contribution in [2.45, 2.75) is 65.2 Å². The first kappa shape index (κ1) is 17.2. The zero-order chi connectivity index (χ0) is 12.0. The minimum Gasteiger partial charge on any atom is -0.352 e. The molecular weight excluding hydrogens is 238 g/mol. The molecule has 4 heteroatoms. The van der Waals surface area contributed by atoms with Gasteiger partial charge in [0.25, 0.3) is 0 Å². The van der Waals surface area contributed by atoms with E-state index in [-0.39, 0.29) is 24.1 Å². The van der Waals surface area contributed by atoms with E-state index >= 15 is 0 Å². The molecule has 1 atom stereocenters. The molecule has 0 amide bonds. The predicted octanol–water partition coefficient (Wildman–Crippen LogP) is 3.11. The van der Waals surface area contributed by atoms with E-state index in [1.165, 1.54) is 6.42 Å². The van der Waals surface area contributed by atoms with Crippen LogP contribution in [0.25, 0.3) is 0 Å². The summed E-state index contributed by atoms with van der Waals surface area (Å²) < 4.78 is 11.3. The zero-order valence-electron chi connectivity index (χ0n) is 11.4. The van der Waals surface area contributed by atoms with Crippen molar-refractivity contribution in [1.82, 2.24) is 0 Å². The van der Waals surface area contributed by atoms with Gasteiger partial charge in [0.2, 0.25) is 0 Å². The average molecular weight is 266 g/mol. The van der Waals surface area contributed by atoms with Crippen LogP contribution in [0.1, 0.15) is 52.9 Å². The molecule has 0 spiro atoms. The van der Waals surface area contributed by atoms with Crippen molar-refractivity contribution in [3.8, 4) is 0 Å². The van der Waals surface area contributed by atoms with Crippen LogP contribution < -0.4 is 5.73 Å². The van der Waals surface area contributed by atoms with E-state index in [0.717, 1.165) is 38.9 Å². The maximum Gasteiger partial charge on any atom is 0.157 e. The Bertz CT molecular complexity index is 190. The molecule has 0 bridgehead atoms. The summed E-state index contributed by atoms with van der Waals surface area (Å²) in [6.45, 7) is 8.10. The fraction of sp³-hybridized carbons (Fsp3) is 1.00. The van der Waals surface area contributed by atoms with Crippen LogP contribution >= 0.6 is 12.4 Å². The van der Waals surface area contributed by atoms with Crippen LogP contribution in [0.15, 0.2) is 0 Å². The topological polar surface area (TPSA) is 44.5 Å². The van der Waals surface area contributed by atoms with Gasteiger partial charge in [-0.1, -0.05) is 27.2 Å². The quantitative estimate of drug-likeness (QED) is 0.751. The molecule has 17 heavy (non-hydrogen) atoms. The summed E-state index contributed by atoms with van der Waals surface area (Å²) in [5.41, 5.74) is 6.05. The first-order chi connectivity index (χ1) is 7.53. The van der Waals surface area contributed by atoms with Gasteiger partial charge in [-0.25, -0.2) is 0 Å². The van der Waals surface area contributed by atoms with Gasteiger partial charge in [0.1, 0.15) is 0 Å². The predicted molar refractivity (Wildman–Crippen MR) is 73.5 cm³/mol. The van der Waals surface area contributed by atoms with Crippen molar-refractivity contribution in [1.29, 1.82) is 0 Å². The van der Waals surface area contributed by atoms with E-state index in [0.29, 0.717) is 6.04 Å². The van der Waals surface area contributed by atoms with Crippen molar-refractivity contribution in [2.75, 3.05) is 13.2 Å². The third-order valence-corrected chi connectivity index (χ3v) is 3.11. The standard InChI is InChI=1S/C13H27NO2.ClH/c1-4-11(14)7-5-6-8-12-15-9-13(2,3)10-16-12;/h11-12H,4-10,14H2,1-3H3;1H. The summed E-state index contributed by atoms with van der Waals surface area (Å²) in [6.07, 6.45) is 5.55. The molecule has 0 aromatic heterocycles. The molecule has 1 rings (SSSR count). The van der Waals surface area contributed by atoms with Crippen molar-refractivity contribution in [3.63, 3.8) is 0 Å². The molecule has 1 heterocycles. The van der Waals surface area contributed by atoms with Gasteiger partial charge < -0.3 is 15.2 Å². The third-order valence-electron chi connectivity index (χ3n) is 3.11. The fourth-order valence-electron chi connectivity index (χ4n) is 1.82. The van der Waals surface area contributed by atoms with Crippen LogP contribution in [-0.2, 0) is 9.47 Å². The highest BCUT2D eigenvalue weighted by molar-refractivity contribution is 5.85. The molecule has 1 fully saturated rings. The summed E-state index contributed by atoms with van der Waals surface area (Å²) in [7, 11) is 0. The van der Waals surface area contributed by atoms with Crippen molar-refractivity contribution < 1.29 is 9.47 Å². The van der Waals surface area contributed by atoms with Gasteiger partial charge in [-0.3, -0.25) is 0 Å². The van der Waals surface area contributed by atoms with Crippen LogP contribution in [-0.4, -0.2) is 25.5 Å². The molecule has 1 aliphatic rings. The molecule has 0 aliphatic carbocycles. The minimum atomic E-state index is 0. The SMILES string of the molecule is CCC(N)CCCCC1OCC(C)(C)CO1.Cl. The number of rotatable bonds is 6. The number of hydrogen-bond acceptors (Lipinski definition) is 3. The van der Waals surface area contributed by atoms with Gasteiger partial charge in [-0.15, -0.1) is 12.4 Å². The van der Waals surface area contributed by atoms with Crippen LogP contribution in [0.2, 0.25) is 0 Å².